The molecule has 1 aromatic carbocycles. The van der Waals surface area contributed by atoms with Gasteiger partial charge in [-0.05, 0) is 31.0 Å². The van der Waals surface area contributed by atoms with E-state index in [1.165, 1.54) is 25.2 Å². The van der Waals surface area contributed by atoms with Gasteiger partial charge >= 0.3 is 0 Å². The Morgan fingerprint density at radius 3 is 2.52 bits per heavy atom. The van der Waals surface area contributed by atoms with Gasteiger partial charge in [0.2, 0.25) is 5.95 Å². The van der Waals surface area contributed by atoms with E-state index in [-0.39, 0.29) is 11.9 Å². The van der Waals surface area contributed by atoms with E-state index in [2.05, 4.69) is 20.6 Å². The predicted octanol–water partition coefficient (Wildman–Crippen LogP) is 4.20. The fourth-order valence-corrected chi connectivity index (χ4v) is 2.90. The van der Waals surface area contributed by atoms with Crippen molar-refractivity contribution in [2.45, 2.75) is 31.7 Å². The molecule has 0 aliphatic heterocycles. The molecule has 3 rings (SSSR count). The van der Waals surface area contributed by atoms with Gasteiger partial charge in [-0.25, -0.2) is 9.97 Å². The highest BCUT2D eigenvalue weighted by Crippen LogP contribution is 2.27. The van der Waals surface area contributed by atoms with Crippen LogP contribution in [0.1, 0.15) is 36.0 Å². The van der Waals surface area contributed by atoms with Gasteiger partial charge in [-0.3, -0.25) is 4.79 Å². The van der Waals surface area contributed by atoms with Gasteiger partial charge in [0.15, 0.2) is 0 Å². The smallest absolute Gasteiger partial charge is 0.254 e. The fraction of sp³-hybridized carbons (Fsp3) is 0.312. The van der Waals surface area contributed by atoms with E-state index in [4.69, 9.17) is 23.2 Å². The maximum Gasteiger partial charge on any atom is 0.254 e. The van der Waals surface area contributed by atoms with Gasteiger partial charge in [0.05, 0.1) is 16.3 Å². The number of halogens is 2. The van der Waals surface area contributed by atoms with Crippen LogP contribution >= 0.6 is 23.2 Å². The predicted molar refractivity (Wildman–Crippen MR) is 91.5 cm³/mol. The Bertz CT molecular complexity index is 700. The molecule has 0 saturated heterocycles. The molecule has 1 aliphatic rings. The van der Waals surface area contributed by atoms with Crippen LogP contribution in [0.5, 0.6) is 0 Å². The number of hydrogen-bond donors (Lipinski definition) is 2. The molecular formula is C16H16Cl2N4O. The number of carbonyl (C=O) groups is 1. The van der Waals surface area contributed by atoms with Crippen LogP contribution in [-0.4, -0.2) is 21.9 Å². The van der Waals surface area contributed by atoms with Crippen LogP contribution in [0.15, 0.2) is 30.6 Å². The van der Waals surface area contributed by atoms with E-state index < -0.39 is 0 Å². The third-order valence-electron chi connectivity index (χ3n) is 3.78. The first kappa shape index (κ1) is 16.0. The van der Waals surface area contributed by atoms with Crippen LogP contribution in [0.4, 0.5) is 11.6 Å². The summed E-state index contributed by atoms with van der Waals surface area (Å²) in [6.07, 6.45) is 7.42. The van der Waals surface area contributed by atoms with E-state index >= 15 is 0 Å². The number of hydrogen-bond acceptors (Lipinski definition) is 4. The van der Waals surface area contributed by atoms with Crippen molar-refractivity contribution < 1.29 is 4.79 Å². The fourth-order valence-electron chi connectivity index (χ4n) is 2.56. The number of nitrogens with one attached hydrogen (secondary N) is 2. The second kappa shape index (κ2) is 7.15. The molecule has 1 saturated carbocycles. The quantitative estimate of drug-likeness (QED) is 0.866. The molecule has 1 aromatic heterocycles. The lowest BCUT2D eigenvalue weighted by molar-refractivity contribution is 0.0937. The molecule has 0 bridgehead atoms. The molecule has 1 fully saturated rings. The summed E-state index contributed by atoms with van der Waals surface area (Å²) in [5.74, 6) is 0.218. The van der Waals surface area contributed by atoms with Crippen molar-refractivity contribution in [3.8, 4) is 0 Å². The maximum atomic E-state index is 12.1. The van der Waals surface area contributed by atoms with Gasteiger partial charge in [-0.15, -0.1) is 0 Å². The van der Waals surface area contributed by atoms with Crippen molar-refractivity contribution in [2.24, 2.45) is 0 Å². The van der Waals surface area contributed by atoms with Crippen LogP contribution < -0.4 is 10.6 Å². The molecule has 1 heterocycles. The SMILES string of the molecule is O=C(NC1CCCC1)c1cnc(Nc2cc(Cl)ccc2Cl)nc1. The molecular weight excluding hydrogens is 335 g/mol. The molecule has 0 unspecified atom stereocenters. The maximum absolute atomic E-state index is 12.1. The molecule has 2 aromatic rings. The summed E-state index contributed by atoms with van der Waals surface area (Å²) >= 11 is 12.0. The molecule has 0 atom stereocenters. The largest absolute Gasteiger partial charge is 0.349 e. The molecule has 1 aliphatic carbocycles. The summed E-state index contributed by atoms with van der Waals surface area (Å²) < 4.78 is 0. The van der Waals surface area contributed by atoms with Gasteiger partial charge in [0.1, 0.15) is 0 Å². The normalized spacial score (nSPS) is 14.7. The average Bonchev–Trinajstić information content (AvgIpc) is 3.04. The number of aromatic nitrogens is 2. The molecule has 5 nitrogen and oxygen atoms in total. The van der Waals surface area contributed by atoms with E-state index in [0.717, 1.165) is 12.8 Å². The molecule has 2 N–H and O–H groups in total. The molecule has 1 amide bonds. The summed E-state index contributed by atoms with van der Waals surface area (Å²) in [7, 11) is 0. The van der Waals surface area contributed by atoms with Gasteiger partial charge in [-0.2, -0.15) is 0 Å². The number of anilines is 2. The number of amides is 1. The van der Waals surface area contributed by atoms with Crippen LogP contribution in [-0.2, 0) is 0 Å². The van der Waals surface area contributed by atoms with Crippen LogP contribution in [0, 0.1) is 0 Å². The van der Waals surface area contributed by atoms with Crippen molar-refractivity contribution in [3.63, 3.8) is 0 Å². The molecule has 120 valence electrons. The van der Waals surface area contributed by atoms with E-state index in [9.17, 15) is 4.79 Å². The Kier molecular flexibility index (Phi) is 4.98. The first-order valence-electron chi connectivity index (χ1n) is 7.47. The highest BCUT2D eigenvalue weighted by Gasteiger charge is 2.18. The summed E-state index contributed by atoms with van der Waals surface area (Å²) in [5, 5.41) is 7.06. The molecule has 0 spiro atoms. The van der Waals surface area contributed by atoms with Crippen molar-refractivity contribution in [3.05, 3.63) is 46.2 Å². The summed E-state index contributed by atoms with van der Waals surface area (Å²) in [6.45, 7) is 0. The first-order chi connectivity index (χ1) is 11.1. The van der Waals surface area contributed by atoms with Crippen LogP contribution in [0.3, 0.4) is 0 Å². The minimum absolute atomic E-state index is 0.135. The number of nitrogens with zero attached hydrogens (tertiary/aromatic N) is 2. The summed E-state index contributed by atoms with van der Waals surface area (Å²) in [5.41, 5.74) is 1.06. The average molecular weight is 351 g/mol. The zero-order chi connectivity index (χ0) is 16.2. The Morgan fingerprint density at radius 2 is 1.83 bits per heavy atom. The van der Waals surface area contributed by atoms with Crippen LogP contribution in [0.2, 0.25) is 10.0 Å². The topological polar surface area (TPSA) is 66.9 Å². The second-order valence-corrected chi connectivity index (χ2v) is 6.34. The zero-order valence-corrected chi connectivity index (χ0v) is 13.9. The van der Waals surface area contributed by atoms with Gasteiger partial charge < -0.3 is 10.6 Å². The first-order valence-corrected chi connectivity index (χ1v) is 8.22. The Balaban J connectivity index is 1.66. The third-order valence-corrected chi connectivity index (χ3v) is 4.34. The van der Waals surface area contributed by atoms with Gasteiger partial charge in [-0.1, -0.05) is 36.0 Å². The Hall–Kier alpha value is -1.85. The lowest BCUT2D eigenvalue weighted by Gasteiger charge is -2.12. The molecule has 23 heavy (non-hydrogen) atoms. The zero-order valence-electron chi connectivity index (χ0n) is 12.4. The minimum Gasteiger partial charge on any atom is -0.349 e. The highest BCUT2D eigenvalue weighted by molar-refractivity contribution is 6.35. The molecule has 0 radical (unpaired) electrons. The van der Waals surface area contributed by atoms with Crippen LogP contribution in [0.25, 0.3) is 0 Å². The van der Waals surface area contributed by atoms with E-state index in [1.807, 2.05) is 0 Å². The lowest BCUT2D eigenvalue weighted by Crippen LogP contribution is -2.32. The third kappa shape index (κ3) is 4.12. The second-order valence-electron chi connectivity index (χ2n) is 5.50. The monoisotopic (exact) mass is 350 g/mol. The minimum atomic E-state index is -0.135. The summed E-state index contributed by atoms with van der Waals surface area (Å²) in [6, 6.07) is 5.35. The van der Waals surface area contributed by atoms with E-state index in [1.54, 1.807) is 18.2 Å². The highest BCUT2D eigenvalue weighted by atomic mass is 35.5. The van der Waals surface area contributed by atoms with E-state index in [0.29, 0.717) is 27.2 Å². The number of rotatable bonds is 4. The van der Waals surface area contributed by atoms with Crippen molar-refractivity contribution >= 4 is 40.7 Å². The number of benzene rings is 1. The van der Waals surface area contributed by atoms with Gasteiger partial charge in [0.25, 0.3) is 5.91 Å². The number of carbonyl (C=O) groups excluding carboxylic acids is 1. The Morgan fingerprint density at radius 1 is 1.13 bits per heavy atom. The lowest BCUT2D eigenvalue weighted by atomic mass is 10.2. The molecule has 7 heteroatoms. The van der Waals surface area contributed by atoms with Crippen molar-refractivity contribution in [1.82, 2.24) is 15.3 Å². The van der Waals surface area contributed by atoms with Crippen molar-refractivity contribution in [1.29, 1.82) is 0 Å². The summed E-state index contributed by atoms with van der Waals surface area (Å²) in [4.78, 5) is 20.4. The van der Waals surface area contributed by atoms with Crippen molar-refractivity contribution in [2.75, 3.05) is 5.32 Å². The standard InChI is InChI=1S/C16H16Cl2N4O/c17-11-5-6-13(18)14(7-11)22-16-19-8-10(9-20-16)15(23)21-12-3-1-2-4-12/h5-9,12H,1-4H2,(H,21,23)(H,19,20,22). The van der Waals surface area contributed by atoms with Gasteiger partial charge in [0, 0.05) is 23.5 Å². The Labute approximate surface area is 144 Å².